The van der Waals surface area contributed by atoms with Crippen LogP contribution in [0.1, 0.15) is 64.9 Å². The fourth-order valence-corrected chi connectivity index (χ4v) is 5.04. The van der Waals surface area contributed by atoms with Crippen molar-refractivity contribution in [3.05, 3.63) is 59.4 Å². The maximum absolute atomic E-state index is 12.6. The van der Waals surface area contributed by atoms with Crippen molar-refractivity contribution in [2.24, 2.45) is 5.92 Å². The Hall–Kier alpha value is -3.31. The first kappa shape index (κ1) is 27.3. The average Bonchev–Trinajstić information content (AvgIpc) is 2.88. The second kappa shape index (κ2) is 13.1. The summed E-state index contributed by atoms with van der Waals surface area (Å²) in [5, 5.41) is 14.1. The number of nitrogens with zero attached hydrogens (tertiary/aromatic N) is 1. The highest BCUT2D eigenvalue weighted by molar-refractivity contribution is 7.90. The first-order valence-corrected chi connectivity index (χ1v) is 13.5. The molecule has 0 saturated heterocycles. The lowest BCUT2D eigenvalue weighted by Crippen LogP contribution is -2.31. The number of aliphatic hydroxyl groups excluding tert-OH is 1. The van der Waals surface area contributed by atoms with Gasteiger partial charge in [0.1, 0.15) is 5.69 Å². The molecule has 0 unspecified atom stereocenters. The molecule has 0 radical (unpaired) electrons. The number of pyridine rings is 1. The number of rotatable bonds is 11. The summed E-state index contributed by atoms with van der Waals surface area (Å²) in [4.78, 5) is 40.1. The summed E-state index contributed by atoms with van der Waals surface area (Å²) in [6.45, 7) is 0.312. The Balaban J connectivity index is 1.49. The molecule has 3 rings (SSSR count). The molecule has 0 atom stereocenters. The van der Waals surface area contributed by atoms with Gasteiger partial charge < -0.3 is 15.7 Å². The van der Waals surface area contributed by atoms with E-state index in [1.807, 2.05) is 4.72 Å². The molecule has 10 nitrogen and oxygen atoms in total. The van der Waals surface area contributed by atoms with E-state index in [2.05, 4.69) is 15.6 Å². The molecule has 1 aromatic carbocycles. The van der Waals surface area contributed by atoms with Crippen molar-refractivity contribution in [1.29, 1.82) is 0 Å². The topological polar surface area (TPSA) is 155 Å². The first-order chi connectivity index (χ1) is 17.3. The Kier molecular flexibility index (Phi) is 9.95. The van der Waals surface area contributed by atoms with Gasteiger partial charge >= 0.3 is 0 Å². The Morgan fingerprint density at radius 3 is 2.28 bits per heavy atom. The standard InChI is InChI=1S/C25H32N4O6S/c30-15-14-27-25(33)22-11-8-20(17-28-22)24(32)29-36(34,35)21-9-6-18(7-10-21)12-13-26-23(31)16-19-4-2-1-3-5-19/h6-11,17,19,30H,1-5,12-16H2,(H,26,31)(H,27,33)(H,29,32). The van der Waals surface area contributed by atoms with E-state index in [-0.39, 0.29) is 35.2 Å². The highest BCUT2D eigenvalue weighted by Gasteiger charge is 2.20. The van der Waals surface area contributed by atoms with Gasteiger partial charge in [0, 0.05) is 25.7 Å². The minimum absolute atomic E-state index is 0.0297. The van der Waals surface area contributed by atoms with Gasteiger partial charge in [-0.2, -0.15) is 0 Å². The molecule has 1 aromatic heterocycles. The van der Waals surface area contributed by atoms with Crippen LogP contribution in [0.2, 0.25) is 0 Å². The molecule has 1 heterocycles. The van der Waals surface area contributed by atoms with Gasteiger partial charge in [-0.05, 0) is 55.0 Å². The van der Waals surface area contributed by atoms with Gasteiger partial charge in [0.05, 0.1) is 17.1 Å². The van der Waals surface area contributed by atoms with Crippen LogP contribution in [-0.4, -0.2) is 55.9 Å². The summed E-state index contributed by atoms with van der Waals surface area (Å²) >= 11 is 0. The fraction of sp³-hybridized carbons (Fsp3) is 0.440. The van der Waals surface area contributed by atoms with Crippen molar-refractivity contribution >= 4 is 27.7 Å². The monoisotopic (exact) mass is 516 g/mol. The smallest absolute Gasteiger partial charge is 0.269 e. The maximum Gasteiger partial charge on any atom is 0.269 e. The number of benzene rings is 1. The number of amides is 3. The van der Waals surface area contributed by atoms with Crippen molar-refractivity contribution in [2.75, 3.05) is 19.7 Å². The van der Waals surface area contributed by atoms with E-state index < -0.39 is 21.8 Å². The molecule has 1 saturated carbocycles. The van der Waals surface area contributed by atoms with Gasteiger partial charge in [-0.25, -0.2) is 13.1 Å². The van der Waals surface area contributed by atoms with Gasteiger partial charge in [0.25, 0.3) is 21.8 Å². The highest BCUT2D eigenvalue weighted by atomic mass is 32.2. The third kappa shape index (κ3) is 8.13. The number of aromatic nitrogens is 1. The average molecular weight is 517 g/mol. The minimum atomic E-state index is -4.12. The Labute approximate surface area is 211 Å². The molecule has 1 aliphatic rings. The van der Waals surface area contributed by atoms with E-state index in [1.165, 1.54) is 43.5 Å². The molecular formula is C25H32N4O6S. The largest absolute Gasteiger partial charge is 0.395 e. The van der Waals surface area contributed by atoms with Crippen molar-refractivity contribution in [2.45, 2.75) is 49.8 Å². The molecule has 194 valence electrons. The number of carbonyl (C=O) groups excluding carboxylic acids is 3. The molecule has 0 spiro atoms. The molecule has 3 amide bonds. The quantitative estimate of drug-likeness (QED) is 0.353. The molecule has 4 N–H and O–H groups in total. The van der Waals surface area contributed by atoms with Gasteiger partial charge in [-0.1, -0.05) is 31.4 Å². The van der Waals surface area contributed by atoms with Crippen molar-refractivity contribution < 1.29 is 27.9 Å². The molecular weight excluding hydrogens is 484 g/mol. The SMILES string of the molecule is O=C(CC1CCCCC1)NCCc1ccc(S(=O)(=O)NC(=O)c2ccc(C(=O)NCCO)nc2)cc1. The summed E-state index contributed by atoms with van der Waals surface area (Å²) in [6, 6.07) is 8.68. The van der Waals surface area contributed by atoms with E-state index in [9.17, 15) is 22.8 Å². The van der Waals surface area contributed by atoms with Gasteiger partial charge in [0.2, 0.25) is 5.91 Å². The molecule has 2 aromatic rings. The van der Waals surface area contributed by atoms with Crippen LogP contribution in [0, 0.1) is 5.92 Å². The van der Waals surface area contributed by atoms with Crippen LogP contribution in [-0.2, 0) is 21.2 Å². The van der Waals surface area contributed by atoms with Crippen LogP contribution < -0.4 is 15.4 Å². The number of hydrogen-bond acceptors (Lipinski definition) is 7. The van der Waals surface area contributed by atoms with E-state index >= 15 is 0 Å². The fourth-order valence-electron chi connectivity index (χ4n) is 4.07. The summed E-state index contributed by atoms with van der Waals surface area (Å²) < 4.78 is 27.2. The predicted octanol–water partition coefficient (Wildman–Crippen LogP) is 1.55. The molecule has 36 heavy (non-hydrogen) atoms. The second-order valence-corrected chi connectivity index (χ2v) is 10.5. The molecule has 11 heteroatoms. The van der Waals surface area contributed by atoms with Crippen LogP contribution in [0.15, 0.2) is 47.5 Å². The Morgan fingerprint density at radius 1 is 0.917 bits per heavy atom. The lowest BCUT2D eigenvalue weighted by molar-refractivity contribution is -0.122. The lowest BCUT2D eigenvalue weighted by atomic mass is 9.87. The highest BCUT2D eigenvalue weighted by Crippen LogP contribution is 2.26. The van der Waals surface area contributed by atoms with Gasteiger partial charge in [-0.15, -0.1) is 0 Å². The minimum Gasteiger partial charge on any atom is -0.395 e. The predicted molar refractivity (Wildman–Crippen MR) is 133 cm³/mol. The molecule has 0 bridgehead atoms. The summed E-state index contributed by atoms with van der Waals surface area (Å²) in [6.07, 6.45) is 8.10. The Morgan fingerprint density at radius 2 is 1.64 bits per heavy atom. The number of sulfonamides is 1. The number of nitrogens with one attached hydrogen (secondary N) is 3. The first-order valence-electron chi connectivity index (χ1n) is 12.1. The van der Waals surface area contributed by atoms with Crippen LogP contribution in [0.3, 0.4) is 0 Å². The van der Waals surface area contributed by atoms with Crippen LogP contribution >= 0.6 is 0 Å². The summed E-state index contributed by atoms with van der Waals surface area (Å²) in [5.74, 6) is -0.872. The zero-order valence-corrected chi connectivity index (χ0v) is 20.9. The van der Waals surface area contributed by atoms with Crippen molar-refractivity contribution in [3.63, 3.8) is 0 Å². The van der Waals surface area contributed by atoms with Gasteiger partial charge in [-0.3, -0.25) is 19.4 Å². The zero-order chi connectivity index (χ0) is 26.0. The van der Waals surface area contributed by atoms with E-state index in [0.717, 1.165) is 24.6 Å². The molecule has 1 fully saturated rings. The van der Waals surface area contributed by atoms with E-state index in [0.29, 0.717) is 25.3 Å². The number of aliphatic hydroxyl groups is 1. The maximum atomic E-state index is 12.6. The Bertz CT molecular complexity index is 1140. The van der Waals surface area contributed by atoms with Gasteiger partial charge in [0.15, 0.2) is 0 Å². The van der Waals surface area contributed by atoms with E-state index in [1.54, 1.807) is 12.1 Å². The number of hydrogen-bond donors (Lipinski definition) is 4. The van der Waals surface area contributed by atoms with Crippen molar-refractivity contribution in [3.8, 4) is 0 Å². The zero-order valence-electron chi connectivity index (χ0n) is 20.0. The second-order valence-electron chi connectivity index (χ2n) is 8.80. The lowest BCUT2D eigenvalue weighted by Gasteiger charge is -2.20. The van der Waals surface area contributed by atoms with E-state index in [4.69, 9.17) is 5.11 Å². The molecule has 1 aliphatic carbocycles. The third-order valence-corrected chi connectivity index (χ3v) is 7.40. The molecule has 0 aliphatic heterocycles. The summed E-state index contributed by atoms with van der Waals surface area (Å²) in [7, 11) is -4.12. The van der Waals surface area contributed by atoms with Crippen molar-refractivity contribution in [1.82, 2.24) is 20.3 Å². The van der Waals surface area contributed by atoms with Crippen LogP contribution in [0.25, 0.3) is 0 Å². The summed E-state index contributed by atoms with van der Waals surface area (Å²) in [5.41, 5.74) is 0.860. The normalized spacial score (nSPS) is 14.1. The van der Waals surface area contributed by atoms with Crippen LogP contribution in [0.5, 0.6) is 0 Å². The van der Waals surface area contributed by atoms with Crippen LogP contribution in [0.4, 0.5) is 0 Å². The third-order valence-electron chi connectivity index (χ3n) is 6.05. The number of carbonyl (C=O) groups is 3.